The molecule has 128 valence electrons. The number of para-hydroxylation sites is 2. The highest BCUT2D eigenvalue weighted by atomic mass is 32.2. The molecule has 2 aromatic carbocycles. The topological polar surface area (TPSA) is 104 Å². The summed E-state index contributed by atoms with van der Waals surface area (Å²) in [6.07, 6.45) is 1.91. The highest BCUT2D eigenvalue weighted by Gasteiger charge is 2.24. The Morgan fingerprint density at radius 3 is 2.48 bits per heavy atom. The number of fused-ring (bicyclic) bond motifs is 1. The van der Waals surface area contributed by atoms with Crippen molar-refractivity contribution in [3.05, 3.63) is 64.6 Å². The maximum atomic E-state index is 12.5. The molecule has 0 fully saturated rings. The summed E-state index contributed by atoms with van der Waals surface area (Å²) in [7, 11) is 0. The summed E-state index contributed by atoms with van der Waals surface area (Å²) in [6.45, 7) is 0. The van der Waals surface area contributed by atoms with Gasteiger partial charge in [0.15, 0.2) is 6.04 Å². The van der Waals surface area contributed by atoms with Crippen LogP contribution in [0.4, 0.5) is 4.79 Å². The molecule has 0 saturated heterocycles. The lowest BCUT2D eigenvalue weighted by Crippen LogP contribution is -2.40. The molecule has 0 bridgehead atoms. The molecular formula is C17H15N3O4S. The second kappa shape index (κ2) is 6.86. The fourth-order valence-corrected chi connectivity index (χ4v) is 2.94. The predicted molar refractivity (Wildman–Crippen MR) is 95.1 cm³/mol. The van der Waals surface area contributed by atoms with Crippen molar-refractivity contribution >= 4 is 34.8 Å². The van der Waals surface area contributed by atoms with Crippen LogP contribution in [0.1, 0.15) is 11.6 Å². The molecule has 0 spiro atoms. The van der Waals surface area contributed by atoms with Gasteiger partial charge in [-0.3, -0.25) is 0 Å². The quantitative estimate of drug-likeness (QED) is 0.622. The number of carboxylic acid groups (broad SMARTS) is 1. The molecule has 0 aliphatic rings. The van der Waals surface area contributed by atoms with Crippen LogP contribution in [-0.2, 0) is 4.79 Å². The molecule has 3 rings (SSSR count). The van der Waals surface area contributed by atoms with Crippen molar-refractivity contribution in [2.75, 3.05) is 6.26 Å². The smallest absolute Gasteiger partial charge is 0.334 e. The molecule has 0 saturated carbocycles. The fraction of sp³-hybridized carbons (Fsp3) is 0.118. The number of thioether (sulfide) groups is 1. The van der Waals surface area contributed by atoms with Crippen molar-refractivity contribution in [3.8, 4) is 0 Å². The van der Waals surface area contributed by atoms with E-state index in [0.717, 1.165) is 9.46 Å². The number of carbonyl (C=O) groups is 2. The van der Waals surface area contributed by atoms with Gasteiger partial charge in [0, 0.05) is 4.90 Å². The maximum absolute atomic E-state index is 12.5. The van der Waals surface area contributed by atoms with E-state index in [1.54, 1.807) is 48.5 Å². The van der Waals surface area contributed by atoms with Crippen LogP contribution in [0.25, 0.3) is 11.0 Å². The molecule has 0 radical (unpaired) electrons. The van der Waals surface area contributed by atoms with E-state index in [-0.39, 0.29) is 0 Å². The largest absolute Gasteiger partial charge is 0.479 e. The summed E-state index contributed by atoms with van der Waals surface area (Å²) < 4.78 is 0.890. The highest BCUT2D eigenvalue weighted by Crippen LogP contribution is 2.20. The SMILES string of the molecule is CSc1ccc(C(NC(=O)n2c(=O)[nH]c3ccccc32)C(=O)O)cc1. The third-order valence-electron chi connectivity index (χ3n) is 3.76. The Morgan fingerprint density at radius 2 is 1.84 bits per heavy atom. The second-order valence-electron chi connectivity index (χ2n) is 5.28. The van der Waals surface area contributed by atoms with Crippen molar-refractivity contribution in [3.63, 3.8) is 0 Å². The Balaban J connectivity index is 1.94. The molecule has 1 aromatic heterocycles. The number of nitrogens with zero attached hydrogens (tertiary/aromatic N) is 1. The molecule has 0 aliphatic carbocycles. The third kappa shape index (κ3) is 3.29. The summed E-state index contributed by atoms with van der Waals surface area (Å²) in [6, 6.07) is 11.5. The Labute approximate surface area is 146 Å². The molecule has 1 heterocycles. The molecular weight excluding hydrogens is 342 g/mol. The van der Waals surface area contributed by atoms with Crippen LogP contribution in [0, 0.1) is 0 Å². The van der Waals surface area contributed by atoms with Crippen LogP contribution < -0.4 is 11.0 Å². The number of aromatic amines is 1. The van der Waals surface area contributed by atoms with Gasteiger partial charge >= 0.3 is 17.7 Å². The molecule has 0 aliphatic heterocycles. The Kier molecular flexibility index (Phi) is 4.62. The van der Waals surface area contributed by atoms with Crippen LogP contribution in [0.15, 0.2) is 58.2 Å². The molecule has 3 aromatic rings. The van der Waals surface area contributed by atoms with Crippen LogP contribution in [0.3, 0.4) is 0 Å². The first kappa shape index (κ1) is 16.8. The maximum Gasteiger partial charge on any atom is 0.334 e. The number of benzene rings is 2. The van der Waals surface area contributed by atoms with E-state index in [4.69, 9.17) is 0 Å². The average molecular weight is 357 g/mol. The van der Waals surface area contributed by atoms with Gasteiger partial charge in [0.05, 0.1) is 11.0 Å². The lowest BCUT2D eigenvalue weighted by atomic mass is 10.1. The molecule has 1 atom stereocenters. The van der Waals surface area contributed by atoms with Crippen LogP contribution in [-0.4, -0.2) is 32.9 Å². The van der Waals surface area contributed by atoms with Crippen molar-refractivity contribution in [2.24, 2.45) is 0 Å². The van der Waals surface area contributed by atoms with Crippen LogP contribution in [0.2, 0.25) is 0 Å². The first-order valence-corrected chi connectivity index (χ1v) is 8.61. The Morgan fingerprint density at radius 1 is 1.16 bits per heavy atom. The van der Waals surface area contributed by atoms with Gasteiger partial charge in [-0.15, -0.1) is 11.8 Å². The highest BCUT2D eigenvalue weighted by molar-refractivity contribution is 7.98. The zero-order valence-electron chi connectivity index (χ0n) is 13.2. The van der Waals surface area contributed by atoms with E-state index >= 15 is 0 Å². The zero-order valence-corrected chi connectivity index (χ0v) is 14.0. The van der Waals surface area contributed by atoms with E-state index in [9.17, 15) is 19.5 Å². The number of imidazole rings is 1. The Hall–Kier alpha value is -3.00. The summed E-state index contributed by atoms with van der Waals surface area (Å²) in [5.74, 6) is -1.21. The predicted octanol–water partition coefficient (Wildman–Crippen LogP) is 2.44. The van der Waals surface area contributed by atoms with Gasteiger partial charge in [0.2, 0.25) is 0 Å². The minimum Gasteiger partial charge on any atom is -0.479 e. The number of rotatable bonds is 4. The summed E-state index contributed by atoms with van der Waals surface area (Å²) >= 11 is 1.53. The van der Waals surface area contributed by atoms with Crippen LogP contribution in [0.5, 0.6) is 0 Å². The van der Waals surface area contributed by atoms with Crippen LogP contribution >= 0.6 is 11.8 Å². The number of aliphatic carboxylic acids is 1. The van der Waals surface area contributed by atoms with Gasteiger partial charge in [0.1, 0.15) is 0 Å². The lowest BCUT2D eigenvalue weighted by molar-refractivity contribution is -0.139. The number of carboxylic acids is 1. The van der Waals surface area contributed by atoms with Gasteiger partial charge < -0.3 is 15.4 Å². The molecule has 7 nitrogen and oxygen atoms in total. The van der Waals surface area contributed by atoms with E-state index in [2.05, 4.69) is 10.3 Å². The molecule has 1 unspecified atom stereocenters. The normalized spacial score (nSPS) is 12.0. The molecule has 1 amide bonds. The molecule has 8 heteroatoms. The van der Waals surface area contributed by atoms with Crippen molar-refractivity contribution in [1.29, 1.82) is 0 Å². The summed E-state index contributed by atoms with van der Waals surface area (Å²) in [5.41, 5.74) is 0.679. The second-order valence-corrected chi connectivity index (χ2v) is 6.16. The van der Waals surface area contributed by atoms with Gasteiger partial charge in [-0.1, -0.05) is 24.3 Å². The van der Waals surface area contributed by atoms with Crippen molar-refractivity contribution in [1.82, 2.24) is 14.9 Å². The van der Waals surface area contributed by atoms with E-state index in [1.165, 1.54) is 11.8 Å². The van der Waals surface area contributed by atoms with Gasteiger partial charge in [-0.25, -0.2) is 19.0 Å². The first-order chi connectivity index (χ1) is 12.0. The molecule has 3 N–H and O–H groups in total. The summed E-state index contributed by atoms with van der Waals surface area (Å²) in [5, 5.41) is 11.9. The standard InChI is InChI=1S/C17H15N3O4S/c1-25-11-8-6-10(7-9-11)14(15(21)22)19-17(24)20-13-5-3-2-4-12(13)18-16(20)23/h2-9,14H,1H3,(H,18,23)(H,19,24)(H,21,22). The number of nitrogens with one attached hydrogen (secondary N) is 2. The van der Waals surface area contributed by atoms with Gasteiger partial charge in [-0.05, 0) is 36.1 Å². The minimum absolute atomic E-state index is 0.381. The number of carbonyl (C=O) groups excluding carboxylic acids is 1. The monoisotopic (exact) mass is 357 g/mol. The number of aromatic nitrogens is 2. The van der Waals surface area contributed by atoms with E-state index in [0.29, 0.717) is 16.6 Å². The van der Waals surface area contributed by atoms with E-state index in [1.807, 2.05) is 6.26 Å². The van der Waals surface area contributed by atoms with Gasteiger partial charge in [0.25, 0.3) is 0 Å². The summed E-state index contributed by atoms with van der Waals surface area (Å²) in [4.78, 5) is 39.7. The third-order valence-corrected chi connectivity index (χ3v) is 4.50. The van der Waals surface area contributed by atoms with E-state index < -0.39 is 23.7 Å². The number of hydrogen-bond acceptors (Lipinski definition) is 4. The van der Waals surface area contributed by atoms with Gasteiger partial charge in [-0.2, -0.15) is 0 Å². The fourth-order valence-electron chi connectivity index (χ4n) is 2.53. The van der Waals surface area contributed by atoms with Crippen molar-refractivity contribution < 1.29 is 14.7 Å². The zero-order chi connectivity index (χ0) is 18.0. The lowest BCUT2D eigenvalue weighted by Gasteiger charge is -2.15. The molecule has 25 heavy (non-hydrogen) atoms. The number of H-pyrrole nitrogens is 1. The van der Waals surface area contributed by atoms with Crippen molar-refractivity contribution in [2.45, 2.75) is 10.9 Å². The Bertz CT molecular complexity index is 991. The first-order valence-electron chi connectivity index (χ1n) is 7.38. The number of hydrogen-bond donors (Lipinski definition) is 3. The average Bonchev–Trinajstić information content (AvgIpc) is 2.95. The number of amides is 1. The minimum atomic E-state index is -1.26.